The van der Waals surface area contributed by atoms with Crippen LogP contribution in [0.4, 0.5) is 0 Å². The fraction of sp³-hybridized carbons (Fsp3) is 0.500. The topological polar surface area (TPSA) is 93.2 Å². The summed E-state index contributed by atoms with van der Waals surface area (Å²) in [5, 5.41) is 12.0. The van der Waals surface area contributed by atoms with Crippen molar-refractivity contribution >= 4 is 5.91 Å². The fourth-order valence-electron chi connectivity index (χ4n) is 0.992. The van der Waals surface area contributed by atoms with Gasteiger partial charge in [-0.15, -0.1) is 0 Å². The van der Waals surface area contributed by atoms with Crippen LogP contribution in [0.5, 0.6) is 0 Å². The molecular weight excluding hydrogens is 184 g/mol. The van der Waals surface area contributed by atoms with E-state index in [1.807, 2.05) is 11.6 Å². The van der Waals surface area contributed by atoms with E-state index in [1.54, 1.807) is 12.5 Å². The number of nitrogens with one attached hydrogen (secondary N) is 1. The number of primary amides is 1. The first-order valence-electron chi connectivity index (χ1n) is 4.24. The number of carbonyl (C=O) groups is 1. The minimum atomic E-state index is -1.14. The maximum absolute atomic E-state index is 10.5. The van der Waals surface area contributed by atoms with E-state index in [9.17, 15) is 4.79 Å². The number of aryl methyl sites for hydroxylation is 1. The zero-order valence-electron chi connectivity index (χ0n) is 7.97. The normalized spacial score (nSPS) is 12.7. The van der Waals surface area contributed by atoms with Crippen molar-refractivity contribution in [3.8, 4) is 0 Å². The molecule has 6 heteroatoms. The van der Waals surface area contributed by atoms with Gasteiger partial charge in [0.15, 0.2) is 0 Å². The average Bonchev–Trinajstić information content (AvgIpc) is 2.51. The van der Waals surface area contributed by atoms with E-state index in [1.165, 1.54) is 0 Å². The Labute approximate surface area is 81.7 Å². The summed E-state index contributed by atoms with van der Waals surface area (Å²) in [6.45, 7) is 0.696. The third kappa shape index (κ3) is 2.82. The van der Waals surface area contributed by atoms with Gasteiger partial charge in [-0.1, -0.05) is 0 Å². The average molecular weight is 198 g/mol. The molecular formula is C8H14N4O2. The molecule has 1 unspecified atom stereocenters. The van der Waals surface area contributed by atoms with Crippen LogP contribution in [0.1, 0.15) is 5.69 Å². The van der Waals surface area contributed by atoms with Crippen molar-refractivity contribution < 1.29 is 9.90 Å². The Morgan fingerprint density at radius 1 is 1.86 bits per heavy atom. The molecule has 0 fully saturated rings. The molecule has 0 aliphatic rings. The van der Waals surface area contributed by atoms with Crippen molar-refractivity contribution in [2.75, 3.05) is 6.54 Å². The minimum Gasteiger partial charge on any atom is -0.382 e. The molecule has 0 saturated heterocycles. The van der Waals surface area contributed by atoms with Crippen molar-refractivity contribution in [3.05, 3.63) is 18.2 Å². The van der Waals surface area contributed by atoms with E-state index in [4.69, 9.17) is 10.8 Å². The highest BCUT2D eigenvalue weighted by molar-refractivity contribution is 5.78. The first-order valence-corrected chi connectivity index (χ1v) is 4.24. The molecule has 1 aromatic heterocycles. The largest absolute Gasteiger partial charge is 0.382 e. The monoisotopic (exact) mass is 198 g/mol. The quantitative estimate of drug-likeness (QED) is 0.529. The first kappa shape index (κ1) is 10.7. The van der Waals surface area contributed by atoms with E-state index in [0.717, 1.165) is 5.69 Å². The van der Waals surface area contributed by atoms with Crippen LogP contribution in [0, 0.1) is 0 Å². The minimum absolute atomic E-state index is 0.153. The molecule has 4 N–H and O–H groups in total. The van der Waals surface area contributed by atoms with Gasteiger partial charge in [0, 0.05) is 26.3 Å². The van der Waals surface area contributed by atoms with Crippen molar-refractivity contribution in [3.63, 3.8) is 0 Å². The number of aliphatic hydroxyl groups excluding tert-OH is 1. The zero-order chi connectivity index (χ0) is 10.6. The van der Waals surface area contributed by atoms with Gasteiger partial charge >= 0.3 is 0 Å². The van der Waals surface area contributed by atoms with E-state index in [-0.39, 0.29) is 6.54 Å². The molecule has 1 atom stereocenters. The molecule has 78 valence electrons. The number of nitrogens with zero attached hydrogens (tertiary/aromatic N) is 2. The van der Waals surface area contributed by atoms with Gasteiger partial charge in [-0.2, -0.15) is 0 Å². The third-order valence-corrected chi connectivity index (χ3v) is 1.89. The molecule has 0 radical (unpaired) electrons. The Bertz CT molecular complexity index is 310. The molecule has 0 aliphatic carbocycles. The number of hydrogen-bond acceptors (Lipinski definition) is 4. The summed E-state index contributed by atoms with van der Waals surface area (Å²) in [5.74, 6) is -0.720. The maximum Gasteiger partial charge on any atom is 0.247 e. The predicted octanol–water partition coefficient (Wildman–Crippen LogP) is -1.64. The van der Waals surface area contributed by atoms with Crippen molar-refractivity contribution in [2.45, 2.75) is 12.6 Å². The standard InChI is InChI=1S/C8H14N4O2/c1-12-5-11-3-6(12)2-10-4-7(13)8(9)14/h3,5,7,10,13H,2,4H2,1H3,(H2,9,14). The van der Waals surface area contributed by atoms with Crippen LogP contribution in [0.15, 0.2) is 12.5 Å². The Balaban J connectivity index is 2.29. The summed E-state index contributed by atoms with van der Waals surface area (Å²) in [4.78, 5) is 14.4. The molecule has 1 heterocycles. The van der Waals surface area contributed by atoms with E-state index >= 15 is 0 Å². The van der Waals surface area contributed by atoms with Crippen LogP contribution in [0.25, 0.3) is 0 Å². The molecule has 0 spiro atoms. The maximum atomic E-state index is 10.5. The summed E-state index contributed by atoms with van der Waals surface area (Å²) < 4.78 is 1.85. The van der Waals surface area contributed by atoms with Gasteiger partial charge in [0.25, 0.3) is 0 Å². The van der Waals surface area contributed by atoms with Gasteiger partial charge < -0.3 is 20.7 Å². The molecule has 0 bridgehead atoms. The van der Waals surface area contributed by atoms with Crippen LogP contribution in [-0.2, 0) is 18.4 Å². The number of imidazole rings is 1. The van der Waals surface area contributed by atoms with Gasteiger partial charge in [-0.25, -0.2) is 4.98 Å². The van der Waals surface area contributed by atoms with Crippen molar-refractivity contribution in [1.82, 2.24) is 14.9 Å². The van der Waals surface area contributed by atoms with Gasteiger partial charge in [0.1, 0.15) is 6.10 Å². The molecule has 0 saturated carbocycles. The molecule has 1 rings (SSSR count). The van der Waals surface area contributed by atoms with E-state index in [2.05, 4.69) is 10.3 Å². The summed E-state index contributed by atoms with van der Waals surface area (Å²) >= 11 is 0. The van der Waals surface area contributed by atoms with Gasteiger partial charge in [0.05, 0.1) is 12.0 Å². The lowest BCUT2D eigenvalue weighted by atomic mass is 10.3. The number of amides is 1. The van der Waals surface area contributed by atoms with Crippen LogP contribution >= 0.6 is 0 Å². The van der Waals surface area contributed by atoms with Gasteiger partial charge in [-0.05, 0) is 0 Å². The number of nitrogens with two attached hydrogens (primary N) is 1. The highest BCUT2D eigenvalue weighted by Gasteiger charge is 2.09. The summed E-state index contributed by atoms with van der Waals surface area (Å²) in [5.41, 5.74) is 5.85. The first-order chi connectivity index (χ1) is 6.61. The molecule has 1 amide bonds. The van der Waals surface area contributed by atoms with Gasteiger partial charge in [-0.3, -0.25) is 4.79 Å². The highest BCUT2D eigenvalue weighted by atomic mass is 16.3. The van der Waals surface area contributed by atoms with Gasteiger partial charge in [0.2, 0.25) is 5.91 Å². The molecule has 14 heavy (non-hydrogen) atoms. The number of hydrogen-bond donors (Lipinski definition) is 3. The zero-order valence-corrected chi connectivity index (χ0v) is 7.97. The van der Waals surface area contributed by atoms with Crippen LogP contribution in [-0.4, -0.2) is 33.2 Å². The summed E-state index contributed by atoms with van der Waals surface area (Å²) in [6, 6.07) is 0. The SMILES string of the molecule is Cn1cncc1CNCC(O)C(N)=O. The van der Waals surface area contributed by atoms with Crippen molar-refractivity contribution in [1.29, 1.82) is 0 Å². The number of aromatic nitrogens is 2. The second-order valence-corrected chi connectivity index (χ2v) is 3.04. The second-order valence-electron chi connectivity index (χ2n) is 3.04. The van der Waals surface area contributed by atoms with Crippen LogP contribution in [0.2, 0.25) is 0 Å². The Hall–Kier alpha value is -1.40. The highest BCUT2D eigenvalue weighted by Crippen LogP contribution is 1.94. The third-order valence-electron chi connectivity index (χ3n) is 1.89. The smallest absolute Gasteiger partial charge is 0.247 e. The second kappa shape index (κ2) is 4.73. The fourth-order valence-corrected chi connectivity index (χ4v) is 0.992. The van der Waals surface area contributed by atoms with Crippen LogP contribution < -0.4 is 11.1 Å². The van der Waals surface area contributed by atoms with E-state index < -0.39 is 12.0 Å². The van der Waals surface area contributed by atoms with E-state index in [0.29, 0.717) is 6.54 Å². The lowest BCUT2D eigenvalue weighted by molar-refractivity contribution is -0.125. The number of carbonyl (C=O) groups excluding carboxylic acids is 1. The Morgan fingerprint density at radius 3 is 3.07 bits per heavy atom. The Morgan fingerprint density at radius 2 is 2.57 bits per heavy atom. The molecule has 6 nitrogen and oxygen atoms in total. The number of aliphatic hydroxyl groups is 1. The molecule has 1 aromatic rings. The summed E-state index contributed by atoms with van der Waals surface area (Å²) in [6.07, 6.45) is 2.26. The number of rotatable bonds is 5. The predicted molar refractivity (Wildman–Crippen MR) is 50.1 cm³/mol. The van der Waals surface area contributed by atoms with Crippen LogP contribution in [0.3, 0.4) is 0 Å². The summed E-state index contributed by atoms with van der Waals surface area (Å²) in [7, 11) is 1.87. The lowest BCUT2D eigenvalue weighted by Gasteiger charge is -2.08. The molecule has 0 aliphatic heterocycles. The lowest BCUT2D eigenvalue weighted by Crippen LogP contribution is -2.37. The van der Waals surface area contributed by atoms with Crippen molar-refractivity contribution in [2.24, 2.45) is 12.8 Å². The molecule has 0 aromatic carbocycles. The Kier molecular flexibility index (Phi) is 3.61.